The number of benzene rings is 2. The van der Waals surface area contributed by atoms with Gasteiger partial charge in [-0.25, -0.2) is 0 Å². The largest absolute Gasteiger partial charge is 0.492 e. The van der Waals surface area contributed by atoms with Crippen LogP contribution in [0.25, 0.3) is 0 Å². The Bertz CT molecular complexity index is 877. The maximum Gasteiger partial charge on any atom is 0.251 e. The summed E-state index contributed by atoms with van der Waals surface area (Å²) in [6.07, 6.45) is 0.713. The highest BCUT2D eigenvalue weighted by Gasteiger charge is 2.08. The first kappa shape index (κ1) is 21.9. The van der Waals surface area contributed by atoms with Crippen LogP contribution < -0.4 is 20.7 Å². The molecule has 2 aromatic carbocycles. The molecule has 0 spiro atoms. The van der Waals surface area contributed by atoms with Crippen LogP contribution in [0, 0.1) is 0 Å². The molecule has 0 radical (unpaired) electrons. The zero-order valence-corrected chi connectivity index (χ0v) is 17.4. The van der Waals surface area contributed by atoms with Crippen molar-refractivity contribution in [2.75, 3.05) is 19.0 Å². The smallest absolute Gasteiger partial charge is 0.251 e. The number of carbonyl (C=O) groups excluding carboxylic acids is 2. The van der Waals surface area contributed by atoms with Crippen LogP contribution in [0.4, 0.5) is 5.69 Å². The molecule has 0 fully saturated rings. The summed E-state index contributed by atoms with van der Waals surface area (Å²) in [6.45, 7) is 0.323. The molecule has 2 amide bonds. The van der Waals surface area contributed by atoms with Gasteiger partial charge in [0.05, 0.1) is 11.6 Å². The van der Waals surface area contributed by atoms with E-state index in [9.17, 15) is 9.59 Å². The molecule has 0 unspecified atom stereocenters. The number of carbonyl (C=O) groups is 2. The first-order chi connectivity index (χ1) is 13.4. The molecule has 0 aromatic heterocycles. The van der Waals surface area contributed by atoms with Crippen molar-refractivity contribution in [3.63, 3.8) is 0 Å². The number of rotatable bonds is 7. The number of hydrogen-bond donors (Lipinski definition) is 3. The fraction of sp³-hybridized carbons (Fsp3) is 0.211. The number of thiocarbonyl (C=S) groups is 1. The molecule has 0 aliphatic heterocycles. The van der Waals surface area contributed by atoms with E-state index in [0.29, 0.717) is 40.1 Å². The molecule has 0 heterocycles. The van der Waals surface area contributed by atoms with Crippen molar-refractivity contribution in [1.82, 2.24) is 10.6 Å². The lowest BCUT2D eigenvalue weighted by molar-refractivity contribution is -0.119. The van der Waals surface area contributed by atoms with Crippen LogP contribution in [0.15, 0.2) is 42.5 Å². The molecule has 0 bridgehead atoms. The molecule has 2 aromatic rings. The summed E-state index contributed by atoms with van der Waals surface area (Å²) in [4.78, 5) is 23.6. The predicted molar refractivity (Wildman–Crippen MR) is 115 cm³/mol. The second-order valence-corrected chi connectivity index (χ2v) is 6.94. The van der Waals surface area contributed by atoms with Crippen LogP contribution in [0.2, 0.25) is 10.0 Å². The summed E-state index contributed by atoms with van der Waals surface area (Å²) in [5.74, 6) is 0.0600. The first-order valence-corrected chi connectivity index (χ1v) is 9.56. The number of hydrogen-bond acceptors (Lipinski definition) is 4. The van der Waals surface area contributed by atoms with E-state index in [1.165, 1.54) is 0 Å². The lowest BCUT2D eigenvalue weighted by Crippen LogP contribution is -2.34. The normalized spacial score (nSPS) is 10.1. The van der Waals surface area contributed by atoms with Gasteiger partial charge in [0.2, 0.25) is 5.91 Å². The Morgan fingerprint density at radius 3 is 2.64 bits per heavy atom. The molecule has 3 N–H and O–H groups in total. The Kier molecular flexibility index (Phi) is 8.50. The maximum absolute atomic E-state index is 12.0. The van der Waals surface area contributed by atoms with Crippen LogP contribution in [0.5, 0.6) is 5.75 Å². The van der Waals surface area contributed by atoms with Gasteiger partial charge in [-0.15, -0.1) is 0 Å². The van der Waals surface area contributed by atoms with Crippen molar-refractivity contribution in [3.8, 4) is 5.75 Å². The Labute approximate surface area is 178 Å². The van der Waals surface area contributed by atoms with E-state index < -0.39 is 0 Å². The van der Waals surface area contributed by atoms with E-state index in [2.05, 4.69) is 16.0 Å². The first-order valence-electron chi connectivity index (χ1n) is 8.40. The molecular weight excluding hydrogens is 421 g/mol. The van der Waals surface area contributed by atoms with Crippen molar-refractivity contribution in [2.45, 2.75) is 12.8 Å². The van der Waals surface area contributed by atoms with Crippen molar-refractivity contribution >= 4 is 58.0 Å². The van der Waals surface area contributed by atoms with Gasteiger partial charge in [0.25, 0.3) is 5.91 Å². The lowest BCUT2D eigenvalue weighted by atomic mass is 10.2. The van der Waals surface area contributed by atoms with Crippen molar-refractivity contribution in [3.05, 3.63) is 58.1 Å². The van der Waals surface area contributed by atoms with Gasteiger partial charge in [0, 0.05) is 29.7 Å². The standard InChI is InChI=1S/C19H19Cl2N3O3S/c1-22-18(26)12-4-2-5-14(10-12)23-19(28)24-17(25)6-3-9-27-16-8-7-13(20)11-15(16)21/h2,4-5,7-8,10-11H,3,6,9H2,1H3,(H,22,26)(H2,23,24,25,28). The quantitative estimate of drug-likeness (QED) is 0.448. The molecule has 0 saturated carbocycles. The third kappa shape index (κ3) is 6.99. The van der Waals surface area contributed by atoms with Crippen LogP contribution >= 0.6 is 35.4 Å². The van der Waals surface area contributed by atoms with E-state index in [1.807, 2.05) is 0 Å². The number of nitrogens with one attached hydrogen (secondary N) is 3. The van der Waals surface area contributed by atoms with E-state index >= 15 is 0 Å². The SMILES string of the molecule is CNC(=O)c1cccc(NC(=S)NC(=O)CCCOc2ccc(Cl)cc2Cl)c1. The Morgan fingerprint density at radius 1 is 1.14 bits per heavy atom. The average Bonchev–Trinajstić information content (AvgIpc) is 2.66. The van der Waals surface area contributed by atoms with Gasteiger partial charge in [-0.3, -0.25) is 9.59 Å². The summed E-state index contributed by atoms with van der Waals surface area (Å²) in [5.41, 5.74) is 1.09. The van der Waals surface area contributed by atoms with Crippen molar-refractivity contribution in [1.29, 1.82) is 0 Å². The molecular formula is C19H19Cl2N3O3S. The van der Waals surface area contributed by atoms with Gasteiger partial charge < -0.3 is 20.7 Å². The number of halogens is 2. The van der Waals surface area contributed by atoms with Gasteiger partial charge >= 0.3 is 0 Å². The van der Waals surface area contributed by atoms with E-state index in [0.717, 1.165) is 0 Å². The zero-order valence-electron chi connectivity index (χ0n) is 15.1. The monoisotopic (exact) mass is 439 g/mol. The number of anilines is 1. The van der Waals surface area contributed by atoms with E-state index in [4.69, 9.17) is 40.2 Å². The molecule has 148 valence electrons. The summed E-state index contributed by atoms with van der Waals surface area (Å²) < 4.78 is 5.53. The fourth-order valence-electron chi connectivity index (χ4n) is 2.24. The summed E-state index contributed by atoms with van der Waals surface area (Å²) in [7, 11) is 1.55. The molecule has 6 nitrogen and oxygen atoms in total. The lowest BCUT2D eigenvalue weighted by Gasteiger charge is -2.11. The molecule has 28 heavy (non-hydrogen) atoms. The Balaban J connectivity index is 1.74. The van der Waals surface area contributed by atoms with Gasteiger partial charge in [-0.1, -0.05) is 29.3 Å². The molecule has 9 heteroatoms. The van der Waals surface area contributed by atoms with Crippen LogP contribution in [0.3, 0.4) is 0 Å². The zero-order chi connectivity index (χ0) is 20.5. The molecule has 0 atom stereocenters. The van der Waals surface area contributed by atoms with Gasteiger partial charge in [0.15, 0.2) is 5.11 Å². The summed E-state index contributed by atoms with van der Waals surface area (Å²) >= 11 is 17.0. The third-order valence-electron chi connectivity index (χ3n) is 3.56. The minimum atomic E-state index is -0.245. The highest BCUT2D eigenvalue weighted by Crippen LogP contribution is 2.27. The average molecular weight is 440 g/mol. The third-order valence-corrected chi connectivity index (χ3v) is 4.30. The Morgan fingerprint density at radius 2 is 1.93 bits per heavy atom. The van der Waals surface area contributed by atoms with Gasteiger partial charge in [0.1, 0.15) is 5.75 Å². The number of amides is 2. The minimum Gasteiger partial charge on any atom is -0.492 e. The second-order valence-electron chi connectivity index (χ2n) is 5.69. The fourth-order valence-corrected chi connectivity index (χ4v) is 2.94. The van der Waals surface area contributed by atoms with Crippen LogP contribution in [0.1, 0.15) is 23.2 Å². The molecule has 0 saturated heterocycles. The highest BCUT2D eigenvalue weighted by atomic mass is 35.5. The van der Waals surface area contributed by atoms with E-state index in [1.54, 1.807) is 49.5 Å². The summed E-state index contributed by atoms with van der Waals surface area (Å²) in [6, 6.07) is 11.7. The predicted octanol–water partition coefficient (Wildman–Crippen LogP) is 4.03. The molecule has 2 rings (SSSR count). The van der Waals surface area contributed by atoms with Crippen molar-refractivity contribution < 1.29 is 14.3 Å². The second kappa shape index (κ2) is 10.8. The molecule has 0 aliphatic rings. The minimum absolute atomic E-state index is 0.153. The van der Waals surface area contributed by atoms with Gasteiger partial charge in [-0.2, -0.15) is 0 Å². The Hall–Kier alpha value is -2.35. The van der Waals surface area contributed by atoms with Gasteiger partial charge in [-0.05, 0) is 55.0 Å². The number of ether oxygens (including phenoxy) is 1. The topological polar surface area (TPSA) is 79.5 Å². The van der Waals surface area contributed by atoms with Crippen molar-refractivity contribution in [2.24, 2.45) is 0 Å². The van der Waals surface area contributed by atoms with E-state index in [-0.39, 0.29) is 23.3 Å². The molecule has 0 aliphatic carbocycles. The summed E-state index contributed by atoms with van der Waals surface area (Å²) in [5, 5.41) is 9.11. The van der Waals surface area contributed by atoms with Crippen LogP contribution in [-0.4, -0.2) is 30.6 Å². The highest BCUT2D eigenvalue weighted by molar-refractivity contribution is 7.80. The van der Waals surface area contributed by atoms with Crippen LogP contribution in [-0.2, 0) is 4.79 Å². The maximum atomic E-state index is 12.0.